The minimum absolute atomic E-state index is 0.0891. The van der Waals surface area contributed by atoms with Gasteiger partial charge in [0.05, 0.1) is 32.5 Å². The number of halogens is 1. The van der Waals surface area contributed by atoms with E-state index in [0.29, 0.717) is 41.7 Å². The van der Waals surface area contributed by atoms with E-state index >= 15 is 0 Å². The van der Waals surface area contributed by atoms with Gasteiger partial charge in [-0.25, -0.2) is 9.40 Å². The first-order valence-electron chi connectivity index (χ1n) is 11.1. The molecule has 0 radical (unpaired) electrons. The molecule has 0 saturated carbocycles. The Morgan fingerprint density at radius 3 is 2.56 bits per heavy atom. The van der Waals surface area contributed by atoms with E-state index in [0.717, 1.165) is 31.5 Å². The fourth-order valence-corrected chi connectivity index (χ4v) is 4.42. The highest BCUT2D eigenvalue weighted by atomic mass is 19.1. The maximum atomic E-state index is 14.5. The van der Waals surface area contributed by atoms with Gasteiger partial charge in [-0.2, -0.15) is 5.10 Å². The van der Waals surface area contributed by atoms with E-state index in [-0.39, 0.29) is 17.8 Å². The monoisotopic (exact) mass is 439 g/mol. The molecule has 2 heterocycles. The quantitative estimate of drug-likeness (QED) is 0.675. The van der Waals surface area contributed by atoms with Crippen LogP contribution in [0.25, 0.3) is 0 Å². The maximum absolute atomic E-state index is 14.5. The zero-order valence-electron chi connectivity index (χ0n) is 18.9. The number of methoxy groups -OCH3 is 2. The summed E-state index contributed by atoms with van der Waals surface area (Å²) in [6.07, 6.45) is 2.59. The summed E-state index contributed by atoms with van der Waals surface area (Å²) in [7, 11) is 3.19. The Kier molecular flexibility index (Phi) is 6.74. The van der Waals surface area contributed by atoms with Crippen LogP contribution in [0.4, 0.5) is 4.39 Å². The smallest absolute Gasteiger partial charge is 0.257 e. The van der Waals surface area contributed by atoms with Crippen LogP contribution in [-0.4, -0.2) is 55.4 Å². The van der Waals surface area contributed by atoms with E-state index in [9.17, 15) is 9.18 Å². The molecule has 2 aromatic rings. The Morgan fingerprint density at radius 1 is 1.12 bits per heavy atom. The van der Waals surface area contributed by atoms with Gasteiger partial charge in [-0.05, 0) is 50.0 Å². The van der Waals surface area contributed by atoms with Crippen LogP contribution < -0.4 is 9.47 Å². The summed E-state index contributed by atoms with van der Waals surface area (Å²) in [5.41, 5.74) is 1.81. The molecule has 32 heavy (non-hydrogen) atoms. The molecule has 1 fully saturated rings. The Morgan fingerprint density at radius 2 is 1.88 bits per heavy atom. The molecule has 6 nitrogen and oxygen atoms in total. The van der Waals surface area contributed by atoms with Crippen molar-refractivity contribution in [3.05, 3.63) is 59.4 Å². The van der Waals surface area contributed by atoms with Crippen LogP contribution in [-0.2, 0) is 4.79 Å². The second-order valence-corrected chi connectivity index (χ2v) is 8.55. The molecule has 4 rings (SSSR count). The van der Waals surface area contributed by atoms with Gasteiger partial charge in [0.15, 0.2) is 0 Å². The Bertz CT molecular complexity index is 1000. The minimum Gasteiger partial charge on any atom is -0.497 e. The first-order chi connectivity index (χ1) is 15.5. The molecule has 1 saturated heterocycles. The summed E-state index contributed by atoms with van der Waals surface area (Å²) in [4.78, 5) is 15.6. The number of benzene rings is 2. The van der Waals surface area contributed by atoms with Crippen molar-refractivity contribution in [2.24, 2.45) is 11.0 Å². The van der Waals surface area contributed by atoms with Gasteiger partial charge in [0, 0.05) is 23.6 Å². The molecule has 1 amide bonds. The van der Waals surface area contributed by atoms with Crippen molar-refractivity contribution >= 4 is 11.6 Å². The van der Waals surface area contributed by atoms with Gasteiger partial charge >= 0.3 is 0 Å². The van der Waals surface area contributed by atoms with Gasteiger partial charge in [-0.3, -0.25) is 9.69 Å². The number of ether oxygens (including phenoxy) is 2. The van der Waals surface area contributed by atoms with Gasteiger partial charge < -0.3 is 9.47 Å². The molecule has 0 bridgehead atoms. The maximum Gasteiger partial charge on any atom is 0.257 e. The average molecular weight is 440 g/mol. The lowest BCUT2D eigenvalue weighted by atomic mass is 9.97. The summed E-state index contributed by atoms with van der Waals surface area (Å²) >= 11 is 0. The summed E-state index contributed by atoms with van der Waals surface area (Å²) in [5, 5.41) is 6.14. The Labute approximate surface area is 188 Å². The van der Waals surface area contributed by atoms with Crippen molar-refractivity contribution < 1.29 is 18.7 Å². The van der Waals surface area contributed by atoms with Crippen molar-refractivity contribution in [1.29, 1.82) is 0 Å². The largest absolute Gasteiger partial charge is 0.497 e. The molecule has 7 heteroatoms. The van der Waals surface area contributed by atoms with E-state index in [1.807, 2.05) is 12.1 Å². The van der Waals surface area contributed by atoms with E-state index in [2.05, 4.69) is 16.9 Å². The molecule has 0 aromatic heterocycles. The highest BCUT2D eigenvalue weighted by molar-refractivity contribution is 6.03. The number of carbonyl (C=O) groups is 1. The van der Waals surface area contributed by atoms with Crippen molar-refractivity contribution in [1.82, 2.24) is 9.91 Å². The van der Waals surface area contributed by atoms with Crippen LogP contribution in [0.2, 0.25) is 0 Å². The van der Waals surface area contributed by atoms with Crippen LogP contribution >= 0.6 is 0 Å². The summed E-state index contributed by atoms with van der Waals surface area (Å²) in [5.74, 6) is 1.54. The molecule has 2 aromatic carbocycles. The molecular weight excluding hydrogens is 409 g/mol. The molecule has 0 N–H and O–H groups in total. The Balaban J connectivity index is 1.65. The van der Waals surface area contributed by atoms with Gasteiger partial charge in [-0.15, -0.1) is 0 Å². The van der Waals surface area contributed by atoms with Gasteiger partial charge in [0.1, 0.15) is 17.3 Å². The predicted molar refractivity (Wildman–Crippen MR) is 122 cm³/mol. The Hall–Kier alpha value is -2.93. The number of hydrogen-bond acceptors (Lipinski definition) is 5. The standard InChI is InChI=1S/C25H30FN3O3/c1-17-10-12-28(13-11-17)16-25(30)29-23(20-9-8-18(31-2)14-24(20)32-3)15-22(27-29)19-6-4-5-7-21(19)26/h4-9,14,17,23H,10-13,15-16H2,1-3H3/t23-/m1/s1. The number of piperidine rings is 1. The third-order valence-electron chi connectivity index (χ3n) is 6.39. The topological polar surface area (TPSA) is 54.4 Å². The first kappa shape index (κ1) is 22.3. The van der Waals surface area contributed by atoms with E-state index in [1.54, 1.807) is 38.5 Å². The number of carbonyl (C=O) groups excluding carboxylic acids is 1. The molecule has 2 aliphatic heterocycles. The van der Waals surface area contributed by atoms with Gasteiger partial charge in [-0.1, -0.05) is 25.1 Å². The fraction of sp³-hybridized carbons (Fsp3) is 0.440. The average Bonchev–Trinajstić information content (AvgIpc) is 3.25. The fourth-order valence-electron chi connectivity index (χ4n) is 4.42. The SMILES string of the molecule is COc1ccc([C@H]2CC(c3ccccc3F)=NN2C(=O)CN2CCC(C)CC2)c(OC)c1. The van der Waals surface area contributed by atoms with Crippen LogP contribution in [0.1, 0.15) is 43.4 Å². The summed E-state index contributed by atoms with van der Waals surface area (Å²) in [6, 6.07) is 11.7. The number of nitrogens with zero attached hydrogens (tertiary/aromatic N) is 3. The minimum atomic E-state index is -0.373. The van der Waals surface area contributed by atoms with Crippen molar-refractivity contribution in [3.63, 3.8) is 0 Å². The second-order valence-electron chi connectivity index (χ2n) is 8.55. The molecule has 1 atom stereocenters. The molecule has 0 aliphatic carbocycles. The summed E-state index contributed by atoms with van der Waals surface area (Å²) < 4.78 is 25.4. The van der Waals surface area contributed by atoms with Crippen LogP contribution in [0.15, 0.2) is 47.6 Å². The number of rotatable bonds is 6. The second kappa shape index (κ2) is 9.69. The zero-order chi connectivity index (χ0) is 22.7. The van der Waals surface area contributed by atoms with Crippen LogP contribution in [0.3, 0.4) is 0 Å². The third kappa shape index (κ3) is 4.63. The lowest BCUT2D eigenvalue weighted by Crippen LogP contribution is -2.41. The lowest BCUT2D eigenvalue weighted by Gasteiger charge is -2.31. The van der Waals surface area contributed by atoms with Crippen molar-refractivity contribution in [2.45, 2.75) is 32.2 Å². The first-order valence-corrected chi connectivity index (χ1v) is 11.1. The highest BCUT2D eigenvalue weighted by Gasteiger charge is 2.36. The third-order valence-corrected chi connectivity index (χ3v) is 6.39. The van der Waals surface area contributed by atoms with Crippen molar-refractivity contribution in [3.8, 4) is 11.5 Å². The molecule has 2 aliphatic rings. The molecular formula is C25H30FN3O3. The lowest BCUT2D eigenvalue weighted by molar-refractivity contribution is -0.134. The number of hydrogen-bond donors (Lipinski definition) is 0. The van der Waals surface area contributed by atoms with Gasteiger partial charge in [0.25, 0.3) is 5.91 Å². The predicted octanol–water partition coefficient (Wildman–Crippen LogP) is 4.25. The van der Waals surface area contributed by atoms with Gasteiger partial charge in [0.2, 0.25) is 0 Å². The van der Waals surface area contributed by atoms with E-state index < -0.39 is 0 Å². The molecule has 0 spiro atoms. The molecule has 0 unspecified atom stereocenters. The van der Waals surface area contributed by atoms with E-state index in [1.165, 1.54) is 11.1 Å². The number of amides is 1. The summed E-state index contributed by atoms with van der Waals surface area (Å²) in [6.45, 7) is 4.36. The van der Waals surface area contributed by atoms with E-state index in [4.69, 9.17) is 9.47 Å². The molecule has 170 valence electrons. The normalized spacial score (nSPS) is 19.7. The van der Waals surface area contributed by atoms with Crippen LogP contribution in [0.5, 0.6) is 11.5 Å². The zero-order valence-corrected chi connectivity index (χ0v) is 18.9. The highest BCUT2D eigenvalue weighted by Crippen LogP contribution is 2.39. The van der Waals surface area contributed by atoms with Crippen LogP contribution in [0, 0.1) is 11.7 Å². The number of hydrazone groups is 1. The van der Waals surface area contributed by atoms with Crippen molar-refractivity contribution in [2.75, 3.05) is 33.9 Å². The number of likely N-dealkylation sites (tertiary alicyclic amines) is 1.